The van der Waals surface area contributed by atoms with E-state index in [1.807, 2.05) is 67.9 Å². The average Bonchev–Trinajstić information content (AvgIpc) is 3.32. The topological polar surface area (TPSA) is 117 Å². The lowest BCUT2D eigenvalue weighted by Crippen LogP contribution is -2.35. The number of hydrogen-bond donors (Lipinski definition) is 3. The molecule has 0 unspecified atom stereocenters. The van der Waals surface area contributed by atoms with Gasteiger partial charge < -0.3 is 15.0 Å². The van der Waals surface area contributed by atoms with Crippen LogP contribution in [-0.4, -0.2) is 36.6 Å². The molecule has 0 aliphatic rings. The third kappa shape index (κ3) is 5.40. The number of aromatic amines is 1. The summed E-state index contributed by atoms with van der Waals surface area (Å²) in [7, 11) is 0. The van der Waals surface area contributed by atoms with Crippen LogP contribution in [0.25, 0.3) is 5.69 Å². The van der Waals surface area contributed by atoms with E-state index in [-0.39, 0.29) is 11.4 Å². The van der Waals surface area contributed by atoms with E-state index in [0.717, 1.165) is 21.3 Å². The number of benzene rings is 2. The summed E-state index contributed by atoms with van der Waals surface area (Å²) in [5, 5.41) is 14.4. The van der Waals surface area contributed by atoms with Crippen LogP contribution in [0.4, 0.5) is 5.69 Å². The summed E-state index contributed by atoms with van der Waals surface area (Å²) in [5.74, 6) is -0.296. The van der Waals surface area contributed by atoms with Crippen molar-refractivity contribution in [2.45, 2.75) is 33.7 Å². The molecule has 0 aliphatic heterocycles. The molecule has 3 N–H and O–H groups in total. The minimum atomic E-state index is -0.724. The average molecular weight is 473 g/mol. The lowest BCUT2D eigenvalue weighted by molar-refractivity contribution is 0.429. The first-order chi connectivity index (χ1) is 16.8. The van der Waals surface area contributed by atoms with E-state index in [1.165, 1.54) is 0 Å². The molecule has 180 valence electrons. The molecule has 0 aliphatic carbocycles. The Labute approximate surface area is 202 Å². The summed E-state index contributed by atoms with van der Waals surface area (Å²) in [6.45, 7) is 6.84. The van der Waals surface area contributed by atoms with Crippen LogP contribution in [0.3, 0.4) is 0 Å². The zero-order valence-electron chi connectivity index (χ0n) is 19.9. The van der Waals surface area contributed by atoms with Crippen LogP contribution in [0.5, 0.6) is 5.88 Å². The van der Waals surface area contributed by atoms with Crippen LogP contribution >= 0.6 is 0 Å². The van der Waals surface area contributed by atoms with Gasteiger partial charge in [-0.1, -0.05) is 35.4 Å². The second-order valence-electron chi connectivity index (χ2n) is 8.46. The molecule has 9 nitrogen and oxygen atoms in total. The van der Waals surface area contributed by atoms with Crippen LogP contribution in [0.1, 0.15) is 28.7 Å². The second kappa shape index (κ2) is 10.3. The van der Waals surface area contributed by atoms with E-state index in [4.69, 9.17) is 0 Å². The van der Waals surface area contributed by atoms with Gasteiger partial charge in [0.05, 0.1) is 12.0 Å². The number of H-pyrrole nitrogens is 1. The number of aryl methyl sites for hydroxylation is 4. The zero-order valence-corrected chi connectivity index (χ0v) is 19.9. The Morgan fingerprint density at radius 2 is 1.83 bits per heavy atom. The molecule has 4 rings (SSSR count). The highest BCUT2D eigenvalue weighted by Crippen LogP contribution is 2.22. The summed E-state index contributed by atoms with van der Waals surface area (Å²) >= 11 is 0. The lowest BCUT2D eigenvalue weighted by Gasteiger charge is -2.16. The summed E-state index contributed by atoms with van der Waals surface area (Å²) in [4.78, 5) is 36.6. The van der Waals surface area contributed by atoms with E-state index in [9.17, 15) is 14.7 Å². The molecule has 0 spiro atoms. The first-order valence-corrected chi connectivity index (χ1v) is 11.3. The third-order valence-electron chi connectivity index (χ3n) is 5.63. The van der Waals surface area contributed by atoms with E-state index in [2.05, 4.69) is 20.3 Å². The van der Waals surface area contributed by atoms with Crippen molar-refractivity contribution in [1.29, 1.82) is 0 Å². The fraction of sp³-hybridized carbons (Fsp3) is 0.231. The monoisotopic (exact) mass is 472 g/mol. The molecule has 2 aromatic carbocycles. The van der Waals surface area contributed by atoms with Gasteiger partial charge in [-0.15, -0.1) is 0 Å². The maximum absolute atomic E-state index is 12.9. The van der Waals surface area contributed by atoms with E-state index in [0.29, 0.717) is 30.9 Å². The predicted octanol–water partition coefficient (Wildman–Crippen LogP) is 3.30. The Morgan fingerprint density at radius 3 is 2.51 bits per heavy atom. The molecule has 0 saturated heterocycles. The number of amidine groups is 1. The number of anilines is 1. The number of aromatic nitrogens is 4. The molecule has 35 heavy (non-hydrogen) atoms. The quantitative estimate of drug-likeness (QED) is 0.217. The van der Waals surface area contributed by atoms with Gasteiger partial charge in [0.2, 0.25) is 5.88 Å². The van der Waals surface area contributed by atoms with Gasteiger partial charge in [-0.05, 0) is 51.0 Å². The SMILES string of the molecule is Cc1ccc(NC(=NCCCn2ccnc2)c2c(O)n(-c3ccc(C)cc3C)c(=O)[nH]c2=O)cc1. The summed E-state index contributed by atoms with van der Waals surface area (Å²) in [6, 6.07) is 13.1. The first kappa shape index (κ1) is 23.7. The summed E-state index contributed by atoms with van der Waals surface area (Å²) in [5.41, 5.74) is 2.51. The van der Waals surface area contributed by atoms with Crippen molar-refractivity contribution >= 4 is 11.5 Å². The molecule has 9 heteroatoms. The predicted molar refractivity (Wildman–Crippen MR) is 137 cm³/mol. The molecule has 0 bridgehead atoms. The van der Waals surface area contributed by atoms with E-state index < -0.39 is 17.1 Å². The van der Waals surface area contributed by atoms with Crippen molar-refractivity contribution in [2.24, 2.45) is 4.99 Å². The van der Waals surface area contributed by atoms with Crippen molar-refractivity contribution in [2.75, 3.05) is 11.9 Å². The van der Waals surface area contributed by atoms with Crippen LogP contribution in [-0.2, 0) is 6.54 Å². The van der Waals surface area contributed by atoms with Crippen molar-refractivity contribution in [3.05, 3.63) is 104 Å². The van der Waals surface area contributed by atoms with Crippen molar-refractivity contribution in [1.82, 2.24) is 19.1 Å². The van der Waals surface area contributed by atoms with Crippen molar-refractivity contribution in [3.8, 4) is 11.6 Å². The molecule has 0 saturated carbocycles. The molecular weight excluding hydrogens is 444 g/mol. The minimum Gasteiger partial charge on any atom is -0.493 e. The van der Waals surface area contributed by atoms with Gasteiger partial charge in [-0.2, -0.15) is 0 Å². The van der Waals surface area contributed by atoms with Gasteiger partial charge in [-0.3, -0.25) is 14.8 Å². The largest absolute Gasteiger partial charge is 0.493 e. The molecule has 0 fully saturated rings. The fourth-order valence-corrected chi connectivity index (χ4v) is 3.84. The number of aromatic hydroxyl groups is 1. The number of rotatable bonds is 7. The van der Waals surface area contributed by atoms with Crippen molar-refractivity contribution in [3.63, 3.8) is 0 Å². The van der Waals surface area contributed by atoms with E-state index in [1.54, 1.807) is 18.6 Å². The number of nitrogens with one attached hydrogen (secondary N) is 2. The molecule has 2 heterocycles. The molecular formula is C26H28N6O3. The van der Waals surface area contributed by atoms with Crippen LogP contribution in [0.15, 0.2) is 75.8 Å². The van der Waals surface area contributed by atoms with Gasteiger partial charge in [0.25, 0.3) is 5.56 Å². The number of aliphatic imine (C=N–C) groups is 1. The maximum Gasteiger partial charge on any atom is 0.335 e. The van der Waals surface area contributed by atoms with Gasteiger partial charge >= 0.3 is 5.69 Å². The molecule has 2 aromatic heterocycles. The maximum atomic E-state index is 12.9. The Balaban J connectivity index is 1.77. The highest BCUT2D eigenvalue weighted by molar-refractivity contribution is 6.09. The standard InChI is InChI=1S/C26H28N6O3/c1-17-5-8-20(9-6-17)29-23(28-11-4-13-31-14-12-27-16-31)22-24(33)30-26(35)32(25(22)34)21-10-7-18(2)15-19(21)3/h5-10,12,14-16,34H,4,11,13H2,1-3H3,(H,28,29)(H,30,33,35). The van der Waals surface area contributed by atoms with Gasteiger partial charge in [-0.25, -0.2) is 14.3 Å². The van der Waals surface area contributed by atoms with E-state index >= 15 is 0 Å². The normalized spacial score (nSPS) is 11.6. The zero-order chi connectivity index (χ0) is 24.9. The Morgan fingerprint density at radius 1 is 1.09 bits per heavy atom. The number of nitrogens with zero attached hydrogens (tertiary/aromatic N) is 4. The third-order valence-corrected chi connectivity index (χ3v) is 5.63. The molecule has 4 aromatic rings. The summed E-state index contributed by atoms with van der Waals surface area (Å²) < 4.78 is 3.04. The Kier molecular flexibility index (Phi) is 6.96. The molecule has 0 amide bonds. The highest BCUT2D eigenvalue weighted by atomic mass is 16.3. The second-order valence-corrected chi connectivity index (χ2v) is 8.46. The number of imidazole rings is 1. The molecule has 0 atom stereocenters. The minimum absolute atomic E-state index is 0.104. The lowest BCUT2D eigenvalue weighted by atomic mass is 10.1. The number of hydrogen-bond acceptors (Lipinski definition) is 5. The van der Waals surface area contributed by atoms with Crippen LogP contribution in [0, 0.1) is 20.8 Å². The summed E-state index contributed by atoms with van der Waals surface area (Å²) in [6.07, 6.45) is 5.99. The van der Waals surface area contributed by atoms with Gasteiger partial charge in [0, 0.05) is 31.2 Å². The first-order valence-electron chi connectivity index (χ1n) is 11.3. The van der Waals surface area contributed by atoms with Crippen molar-refractivity contribution < 1.29 is 5.11 Å². The van der Waals surface area contributed by atoms with Crippen LogP contribution in [0.2, 0.25) is 0 Å². The van der Waals surface area contributed by atoms with Gasteiger partial charge in [0.15, 0.2) is 0 Å². The Hall–Kier alpha value is -4.40. The molecule has 0 radical (unpaired) electrons. The Bertz CT molecular complexity index is 1460. The highest BCUT2D eigenvalue weighted by Gasteiger charge is 2.21. The fourth-order valence-electron chi connectivity index (χ4n) is 3.84. The van der Waals surface area contributed by atoms with Gasteiger partial charge in [0.1, 0.15) is 11.4 Å². The smallest absolute Gasteiger partial charge is 0.335 e. The van der Waals surface area contributed by atoms with Crippen LogP contribution < -0.4 is 16.6 Å².